The number of nitrogens with one attached hydrogen (secondary N) is 1. The highest BCUT2D eigenvalue weighted by Gasteiger charge is 2.33. The van der Waals surface area contributed by atoms with Crippen molar-refractivity contribution in [2.24, 2.45) is 5.92 Å². The van der Waals surface area contributed by atoms with E-state index in [1.807, 2.05) is 21.7 Å². The molecule has 2 atom stereocenters. The van der Waals surface area contributed by atoms with E-state index in [0.717, 1.165) is 31.0 Å². The van der Waals surface area contributed by atoms with Crippen molar-refractivity contribution in [3.63, 3.8) is 0 Å². The highest BCUT2D eigenvalue weighted by Crippen LogP contribution is 2.34. The zero-order chi connectivity index (χ0) is 18.0. The summed E-state index contributed by atoms with van der Waals surface area (Å²) in [7, 11) is 0. The van der Waals surface area contributed by atoms with Crippen molar-refractivity contribution in [3.05, 3.63) is 36.3 Å². The first-order chi connectivity index (χ1) is 11.9. The highest BCUT2D eigenvalue weighted by atomic mass is 16.3. The summed E-state index contributed by atoms with van der Waals surface area (Å²) in [5.74, 6) is 2.17. The van der Waals surface area contributed by atoms with Crippen LogP contribution in [-0.2, 0) is 12.1 Å². The lowest BCUT2D eigenvalue weighted by Crippen LogP contribution is -2.46. The van der Waals surface area contributed by atoms with E-state index in [0.29, 0.717) is 12.5 Å². The van der Waals surface area contributed by atoms with Gasteiger partial charge in [-0.25, -0.2) is 14.5 Å². The molecule has 0 unspecified atom stereocenters. The molecule has 2 aromatic rings. The molecule has 0 bridgehead atoms. The summed E-state index contributed by atoms with van der Waals surface area (Å²) >= 11 is 0. The number of rotatable bonds is 3. The van der Waals surface area contributed by atoms with Gasteiger partial charge in [0.2, 0.25) is 0 Å². The Balaban J connectivity index is 1.69. The summed E-state index contributed by atoms with van der Waals surface area (Å²) in [4.78, 5) is 18.9. The van der Waals surface area contributed by atoms with Gasteiger partial charge in [0.25, 0.3) is 0 Å². The fraction of sp³-hybridized carbons (Fsp3) is 0.611. The number of piperidine rings is 1. The van der Waals surface area contributed by atoms with E-state index in [1.54, 1.807) is 6.26 Å². The average molecular weight is 345 g/mol. The van der Waals surface area contributed by atoms with E-state index in [9.17, 15) is 4.79 Å². The minimum atomic E-state index is -0.173. The maximum atomic E-state index is 12.8. The van der Waals surface area contributed by atoms with E-state index >= 15 is 0 Å². The average Bonchev–Trinajstić information content (AvgIpc) is 3.23. The molecule has 2 aromatic heterocycles. The minimum Gasteiger partial charge on any atom is -0.467 e. The van der Waals surface area contributed by atoms with Gasteiger partial charge in [0, 0.05) is 6.54 Å². The van der Waals surface area contributed by atoms with Crippen LogP contribution in [0.15, 0.2) is 29.1 Å². The van der Waals surface area contributed by atoms with Crippen molar-refractivity contribution >= 4 is 6.03 Å². The molecule has 25 heavy (non-hydrogen) atoms. The van der Waals surface area contributed by atoms with Crippen LogP contribution < -0.4 is 5.32 Å². The van der Waals surface area contributed by atoms with E-state index in [-0.39, 0.29) is 17.6 Å². The summed E-state index contributed by atoms with van der Waals surface area (Å²) in [5, 5.41) is 7.27. The number of urea groups is 1. The smallest absolute Gasteiger partial charge is 0.318 e. The number of hydrogen-bond donors (Lipinski definition) is 1. The first-order valence-corrected chi connectivity index (χ1v) is 8.83. The molecule has 0 spiro atoms. The van der Waals surface area contributed by atoms with Crippen LogP contribution in [0.1, 0.15) is 58.2 Å². The molecule has 1 N–H and O–H groups in total. The van der Waals surface area contributed by atoms with Gasteiger partial charge in [-0.1, -0.05) is 6.92 Å². The molecule has 0 radical (unpaired) electrons. The number of hydrogen-bond acceptors (Lipinski definition) is 4. The Morgan fingerprint density at radius 2 is 2.24 bits per heavy atom. The molecule has 3 heterocycles. The quantitative estimate of drug-likeness (QED) is 0.926. The van der Waals surface area contributed by atoms with Gasteiger partial charge in [-0.05, 0) is 51.7 Å². The van der Waals surface area contributed by atoms with Crippen molar-refractivity contribution in [3.8, 4) is 0 Å². The summed E-state index contributed by atoms with van der Waals surface area (Å²) in [6, 6.07) is 3.71. The Bertz CT molecular complexity index is 701. The second-order valence-electron chi connectivity index (χ2n) is 7.77. The van der Waals surface area contributed by atoms with Crippen LogP contribution in [0.5, 0.6) is 0 Å². The predicted molar refractivity (Wildman–Crippen MR) is 93.8 cm³/mol. The lowest BCUT2D eigenvalue weighted by molar-refractivity contribution is 0.119. The lowest BCUT2D eigenvalue weighted by atomic mass is 9.91. The van der Waals surface area contributed by atoms with Gasteiger partial charge in [0.05, 0.1) is 24.4 Å². The van der Waals surface area contributed by atoms with Crippen molar-refractivity contribution < 1.29 is 9.21 Å². The Kier molecular flexibility index (Phi) is 4.83. The normalized spacial score (nSPS) is 21.4. The van der Waals surface area contributed by atoms with Crippen LogP contribution in [0.2, 0.25) is 0 Å². The van der Waals surface area contributed by atoms with Crippen molar-refractivity contribution in [1.82, 2.24) is 25.0 Å². The Hall–Kier alpha value is -2.31. The van der Waals surface area contributed by atoms with Gasteiger partial charge in [-0.3, -0.25) is 0 Å². The second kappa shape index (κ2) is 6.90. The summed E-state index contributed by atoms with van der Waals surface area (Å²) in [6.45, 7) is 9.48. The molecular weight excluding hydrogens is 318 g/mol. The first-order valence-electron chi connectivity index (χ1n) is 8.83. The molecule has 0 aliphatic carbocycles. The number of carbonyl (C=O) groups excluding carboxylic acids is 1. The fourth-order valence-corrected chi connectivity index (χ4v) is 3.34. The fourth-order valence-electron chi connectivity index (χ4n) is 3.34. The van der Waals surface area contributed by atoms with Gasteiger partial charge in [0.15, 0.2) is 0 Å². The predicted octanol–water partition coefficient (Wildman–Crippen LogP) is 3.31. The van der Waals surface area contributed by atoms with Gasteiger partial charge in [-0.2, -0.15) is 5.10 Å². The van der Waals surface area contributed by atoms with Crippen LogP contribution in [-0.4, -0.2) is 32.2 Å². The monoisotopic (exact) mass is 345 g/mol. The molecular formula is C18H27N5O2. The molecule has 3 rings (SSSR count). The first kappa shape index (κ1) is 17.5. The molecule has 0 saturated carbocycles. The van der Waals surface area contributed by atoms with Crippen molar-refractivity contribution in [1.29, 1.82) is 0 Å². The molecule has 0 aromatic carbocycles. The van der Waals surface area contributed by atoms with Crippen LogP contribution >= 0.6 is 0 Å². The number of aromatic nitrogens is 3. The van der Waals surface area contributed by atoms with Gasteiger partial charge >= 0.3 is 6.03 Å². The number of nitrogens with zero attached hydrogens (tertiary/aromatic N) is 4. The summed E-state index contributed by atoms with van der Waals surface area (Å²) < 4.78 is 7.41. The number of furan rings is 1. The minimum absolute atomic E-state index is 0.0146. The maximum absolute atomic E-state index is 12.8. The number of amides is 2. The SMILES string of the molecule is C[C@H]1CCN(C(=O)NCc2ncnn2C(C)(C)C)[C@@H](c2ccco2)C1. The molecule has 136 valence electrons. The molecule has 7 heteroatoms. The van der Waals surface area contributed by atoms with E-state index in [1.165, 1.54) is 6.33 Å². The third-order valence-corrected chi connectivity index (χ3v) is 4.65. The van der Waals surface area contributed by atoms with E-state index < -0.39 is 0 Å². The Labute approximate surface area is 148 Å². The molecule has 1 saturated heterocycles. The van der Waals surface area contributed by atoms with Gasteiger partial charge in [0.1, 0.15) is 17.9 Å². The third-order valence-electron chi connectivity index (χ3n) is 4.65. The maximum Gasteiger partial charge on any atom is 0.318 e. The van der Waals surface area contributed by atoms with Crippen molar-refractivity contribution in [2.75, 3.05) is 6.54 Å². The second-order valence-corrected chi connectivity index (χ2v) is 7.77. The molecule has 2 amide bonds. The number of likely N-dealkylation sites (tertiary alicyclic amines) is 1. The van der Waals surface area contributed by atoms with E-state index in [2.05, 4.69) is 43.1 Å². The van der Waals surface area contributed by atoms with Gasteiger partial charge in [-0.15, -0.1) is 0 Å². The molecule has 1 aliphatic rings. The standard InChI is InChI=1S/C18H27N5O2/c1-13-7-8-22(14(10-13)15-6-5-9-25-15)17(24)19-11-16-20-12-21-23(16)18(2,3)4/h5-6,9,12-14H,7-8,10-11H2,1-4H3,(H,19,24)/t13-,14+/m0/s1. The summed E-state index contributed by atoms with van der Waals surface area (Å²) in [5.41, 5.74) is -0.173. The Morgan fingerprint density at radius 1 is 1.44 bits per heavy atom. The summed E-state index contributed by atoms with van der Waals surface area (Å²) in [6.07, 6.45) is 5.11. The topological polar surface area (TPSA) is 76.2 Å². The van der Waals surface area contributed by atoms with Gasteiger partial charge < -0.3 is 14.6 Å². The third kappa shape index (κ3) is 3.86. The molecule has 7 nitrogen and oxygen atoms in total. The van der Waals surface area contributed by atoms with Crippen LogP contribution in [0, 0.1) is 5.92 Å². The van der Waals surface area contributed by atoms with E-state index in [4.69, 9.17) is 4.42 Å². The van der Waals surface area contributed by atoms with Crippen LogP contribution in [0.4, 0.5) is 4.79 Å². The zero-order valence-corrected chi connectivity index (χ0v) is 15.4. The number of carbonyl (C=O) groups is 1. The lowest BCUT2D eigenvalue weighted by Gasteiger charge is -2.37. The van der Waals surface area contributed by atoms with Crippen LogP contribution in [0.3, 0.4) is 0 Å². The highest BCUT2D eigenvalue weighted by molar-refractivity contribution is 5.74. The molecule has 1 aliphatic heterocycles. The largest absolute Gasteiger partial charge is 0.467 e. The van der Waals surface area contributed by atoms with Crippen molar-refractivity contribution in [2.45, 2.75) is 58.7 Å². The van der Waals surface area contributed by atoms with Crippen LogP contribution in [0.25, 0.3) is 0 Å². The zero-order valence-electron chi connectivity index (χ0n) is 15.4. The Morgan fingerprint density at radius 3 is 2.92 bits per heavy atom. The molecule has 1 fully saturated rings.